The smallest absolute Gasteiger partial charge is 0.138 e. The van der Waals surface area contributed by atoms with E-state index in [2.05, 4.69) is 48.1 Å². The van der Waals surface area contributed by atoms with E-state index in [1.807, 2.05) is 4.68 Å². The van der Waals surface area contributed by atoms with Crippen molar-refractivity contribution in [3.63, 3.8) is 0 Å². The molecule has 2 atom stereocenters. The first kappa shape index (κ1) is 15.4. The van der Waals surface area contributed by atoms with Crippen molar-refractivity contribution >= 4 is 0 Å². The number of aromatic nitrogens is 3. The van der Waals surface area contributed by atoms with Crippen LogP contribution in [-0.2, 0) is 11.2 Å². The molecule has 1 saturated heterocycles. The van der Waals surface area contributed by atoms with E-state index in [-0.39, 0.29) is 12.1 Å². The van der Waals surface area contributed by atoms with Crippen LogP contribution < -0.4 is 5.32 Å². The lowest BCUT2D eigenvalue weighted by molar-refractivity contribution is -0.0386. The van der Waals surface area contributed by atoms with Gasteiger partial charge in [-0.25, -0.2) is 9.67 Å². The van der Waals surface area contributed by atoms with Crippen molar-refractivity contribution in [2.75, 3.05) is 33.3 Å². The molecule has 0 aliphatic carbocycles. The lowest BCUT2D eigenvalue weighted by atomic mass is 10.0. The Morgan fingerprint density at radius 3 is 2.95 bits per heavy atom. The molecular weight excluding hydrogens is 254 g/mol. The summed E-state index contributed by atoms with van der Waals surface area (Å²) in [5, 5.41) is 7.86. The molecule has 1 fully saturated rings. The third-order valence-electron chi connectivity index (χ3n) is 3.75. The largest absolute Gasteiger partial charge is 0.374 e. The van der Waals surface area contributed by atoms with E-state index in [4.69, 9.17) is 4.74 Å². The molecule has 114 valence electrons. The minimum Gasteiger partial charge on any atom is -0.374 e. The standard InChI is InChI=1S/C14H27N5O/c1-5-15-12(13-9-18(4)6-7-20-13)8-14-16-10-17-19(14)11(2)3/h10-13,15H,5-9H2,1-4H3. The number of hydrogen-bond acceptors (Lipinski definition) is 5. The number of nitrogens with one attached hydrogen (secondary N) is 1. The number of rotatable bonds is 6. The van der Waals surface area contributed by atoms with Crippen LogP contribution in [0.1, 0.15) is 32.6 Å². The van der Waals surface area contributed by atoms with Crippen LogP contribution in [0, 0.1) is 0 Å². The van der Waals surface area contributed by atoms with Crippen LogP contribution in [0.25, 0.3) is 0 Å². The molecule has 1 aliphatic rings. The number of nitrogens with zero attached hydrogens (tertiary/aromatic N) is 4. The van der Waals surface area contributed by atoms with Gasteiger partial charge >= 0.3 is 0 Å². The zero-order valence-corrected chi connectivity index (χ0v) is 13.0. The van der Waals surface area contributed by atoms with Crippen LogP contribution in [0.5, 0.6) is 0 Å². The van der Waals surface area contributed by atoms with Gasteiger partial charge in [-0.05, 0) is 27.4 Å². The van der Waals surface area contributed by atoms with E-state index in [1.54, 1.807) is 6.33 Å². The molecule has 1 N–H and O–H groups in total. The van der Waals surface area contributed by atoms with E-state index in [0.717, 1.165) is 38.5 Å². The summed E-state index contributed by atoms with van der Waals surface area (Å²) in [5.74, 6) is 1.03. The Hall–Kier alpha value is -0.980. The molecule has 0 saturated carbocycles. The van der Waals surface area contributed by atoms with Crippen molar-refractivity contribution in [3.05, 3.63) is 12.2 Å². The number of morpholine rings is 1. The minimum absolute atomic E-state index is 0.214. The molecule has 0 spiro atoms. The highest BCUT2D eigenvalue weighted by Crippen LogP contribution is 2.13. The molecule has 0 bridgehead atoms. The molecule has 1 aromatic heterocycles. The van der Waals surface area contributed by atoms with Crippen LogP contribution in [0.15, 0.2) is 6.33 Å². The van der Waals surface area contributed by atoms with Gasteiger partial charge in [-0.3, -0.25) is 0 Å². The topological polar surface area (TPSA) is 55.2 Å². The maximum absolute atomic E-state index is 5.95. The van der Waals surface area contributed by atoms with E-state index in [0.29, 0.717) is 6.04 Å². The molecule has 2 rings (SSSR count). The monoisotopic (exact) mass is 281 g/mol. The molecule has 20 heavy (non-hydrogen) atoms. The minimum atomic E-state index is 0.214. The normalized spacial score (nSPS) is 22.4. The van der Waals surface area contributed by atoms with Crippen molar-refractivity contribution in [2.24, 2.45) is 0 Å². The number of hydrogen-bond donors (Lipinski definition) is 1. The van der Waals surface area contributed by atoms with Gasteiger partial charge in [0.25, 0.3) is 0 Å². The summed E-state index contributed by atoms with van der Waals surface area (Å²) in [5.41, 5.74) is 0. The lowest BCUT2D eigenvalue weighted by Crippen LogP contribution is -2.52. The summed E-state index contributed by atoms with van der Waals surface area (Å²) in [6.07, 6.45) is 2.71. The summed E-state index contributed by atoms with van der Waals surface area (Å²) in [6.45, 7) is 10.1. The highest BCUT2D eigenvalue weighted by molar-refractivity contribution is 4.95. The van der Waals surface area contributed by atoms with Crippen molar-refractivity contribution in [3.8, 4) is 0 Å². The van der Waals surface area contributed by atoms with Gasteiger partial charge in [0, 0.05) is 31.6 Å². The van der Waals surface area contributed by atoms with Crippen LogP contribution in [0.4, 0.5) is 0 Å². The van der Waals surface area contributed by atoms with Crippen LogP contribution >= 0.6 is 0 Å². The number of likely N-dealkylation sites (N-methyl/N-ethyl adjacent to an activating group) is 2. The fraction of sp³-hybridized carbons (Fsp3) is 0.857. The predicted octanol–water partition coefficient (Wildman–Crippen LogP) is 0.710. The highest BCUT2D eigenvalue weighted by Gasteiger charge is 2.27. The summed E-state index contributed by atoms with van der Waals surface area (Å²) >= 11 is 0. The van der Waals surface area contributed by atoms with Gasteiger partial charge in [0.05, 0.1) is 12.7 Å². The van der Waals surface area contributed by atoms with Crippen LogP contribution in [-0.4, -0.2) is 65.1 Å². The zero-order chi connectivity index (χ0) is 14.5. The third kappa shape index (κ3) is 3.77. The molecule has 1 aromatic rings. The first-order valence-electron chi connectivity index (χ1n) is 7.53. The molecule has 6 nitrogen and oxygen atoms in total. The Labute approximate surface area is 121 Å². The van der Waals surface area contributed by atoms with Gasteiger partial charge in [-0.2, -0.15) is 5.10 Å². The average molecular weight is 281 g/mol. The molecule has 1 aliphatic heterocycles. The van der Waals surface area contributed by atoms with Crippen molar-refractivity contribution < 1.29 is 4.74 Å². The van der Waals surface area contributed by atoms with Gasteiger partial charge < -0.3 is 15.0 Å². The number of ether oxygens (including phenoxy) is 1. The van der Waals surface area contributed by atoms with Gasteiger partial charge in [0.1, 0.15) is 12.2 Å². The Bertz CT molecular complexity index is 406. The quantitative estimate of drug-likeness (QED) is 0.832. The Kier molecular flexibility index (Phi) is 5.51. The summed E-state index contributed by atoms with van der Waals surface area (Å²) in [4.78, 5) is 6.74. The van der Waals surface area contributed by atoms with E-state index >= 15 is 0 Å². The zero-order valence-electron chi connectivity index (χ0n) is 13.0. The summed E-state index contributed by atoms with van der Waals surface area (Å²) in [7, 11) is 2.15. The Morgan fingerprint density at radius 1 is 1.50 bits per heavy atom. The van der Waals surface area contributed by atoms with Crippen molar-refractivity contribution in [1.29, 1.82) is 0 Å². The van der Waals surface area contributed by atoms with Gasteiger partial charge in [-0.1, -0.05) is 6.92 Å². The summed E-state index contributed by atoms with van der Waals surface area (Å²) < 4.78 is 7.95. The Morgan fingerprint density at radius 2 is 2.30 bits per heavy atom. The third-order valence-corrected chi connectivity index (χ3v) is 3.75. The van der Waals surface area contributed by atoms with Gasteiger partial charge in [0.15, 0.2) is 0 Å². The second-order valence-corrected chi connectivity index (χ2v) is 5.75. The second-order valence-electron chi connectivity index (χ2n) is 5.75. The molecule has 0 amide bonds. The predicted molar refractivity (Wildman–Crippen MR) is 78.8 cm³/mol. The van der Waals surface area contributed by atoms with E-state index in [9.17, 15) is 0 Å². The lowest BCUT2D eigenvalue weighted by Gasteiger charge is -2.35. The van der Waals surface area contributed by atoms with E-state index in [1.165, 1.54) is 0 Å². The first-order valence-corrected chi connectivity index (χ1v) is 7.53. The summed E-state index contributed by atoms with van der Waals surface area (Å²) in [6, 6.07) is 0.620. The Balaban J connectivity index is 2.06. The molecule has 6 heteroatoms. The molecule has 0 aromatic carbocycles. The molecule has 2 unspecified atom stereocenters. The maximum atomic E-state index is 5.95. The van der Waals surface area contributed by atoms with Crippen molar-refractivity contribution in [1.82, 2.24) is 25.0 Å². The van der Waals surface area contributed by atoms with Gasteiger partial charge in [0.2, 0.25) is 0 Å². The maximum Gasteiger partial charge on any atom is 0.138 e. The molecular formula is C14H27N5O. The first-order chi connectivity index (χ1) is 9.61. The fourth-order valence-corrected chi connectivity index (χ4v) is 2.70. The molecule has 0 radical (unpaired) electrons. The molecule has 2 heterocycles. The average Bonchev–Trinajstić information content (AvgIpc) is 2.86. The van der Waals surface area contributed by atoms with Crippen LogP contribution in [0.2, 0.25) is 0 Å². The highest BCUT2D eigenvalue weighted by atomic mass is 16.5. The second kappa shape index (κ2) is 7.15. The van der Waals surface area contributed by atoms with Crippen molar-refractivity contribution in [2.45, 2.75) is 45.4 Å². The SMILES string of the molecule is CCNC(Cc1ncnn1C(C)C)C1CN(C)CCO1. The van der Waals surface area contributed by atoms with Crippen LogP contribution in [0.3, 0.4) is 0 Å². The van der Waals surface area contributed by atoms with Gasteiger partial charge in [-0.15, -0.1) is 0 Å². The fourth-order valence-electron chi connectivity index (χ4n) is 2.70. The van der Waals surface area contributed by atoms with E-state index < -0.39 is 0 Å².